The third kappa shape index (κ3) is 2.07. The largest absolute Gasteiger partial charge is 0.296 e. The van der Waals surface area contributed by atoms with E-state index in [1.807, 2.05) is 13.0 Å². The average molecular weight is 227 g/mol. The fourth-order valence-corrected chi connectivity index (χ4v) is 2.11. The molecule has 0 aliphatic carbocycles. The molecular weight excluding hydrogens is 210 g/mol. The Balaban J connectivity index is 2.87. The number of pyridine rings is 1. The minimum Gasteiger partial charge on any atom is -0.296 e. The summed E-state index contributed by atoms with van der Waals surface area (Å²) in [5.41, 5.74) is 3.76. The highest BCUT2D eigenvalue weighted by atomic mass is 16.1. The van der Waals surface area contributed by atoms with Gasteiger partial charge in [0.25, 0.3) is 0 Å². The van der Waals surface area contributed by atoms with Crippen molar-refractivity contribution in [3.63, 3.8) is 0 Å². The van der Waals surface area contributed by atoms with Crippen molar-refractivity contribution in [2.75, 3.05) is 0 Å². The van der Waals surface area contributed by atoms with E-state index in [4.69, 9.17) is 0 Å². The minimum atomic E-state index is 0.0282. The van der Waals surface area contributed by atoms with Crippen molar-refractivity contribution in [2.45, 2.75) is 33.1 Å². The average Bonchev–Trinajstić information content (AvgIpc) is 2.26. The summed E-state index contributed by atoms with van der Waals surface area (Å²) in [6.07, 6.45) is 0.811. The van der Waals surface area contributed by atoms with Crippen molar-refractivity contribution in [3.8, 4) is 0 Å². The smallest absolute Gasteiger partial charge is 0.168 e. The van der Waals surface area contributed by atoms with Crippen LogP contribution in [-0.4, -0.2) is 11.3 Å². The molecule has 0 atom stereocenters. The Morgan fingerprint density at radius 2 is 1.94 bits per heavy atom. The fourth-order valence-electron chi connectivity index (χ4n) is 2.11. The fraction of sp³-hybridized carbons (Fsp3) is 0.333. The second-order valence-corrected chi connectivity index (χ2v) is 5.43. The number of hydrogen-bond donors (Lipinski definition) is 0. The summed E-state index contributed by atoms with van der Waals surface area (Å²) >= 11 is 0. The van der Waals surface area contributed by atoms with Gasteiger partial charge >= 0.3 is 0 Å². The first-order valence-corrected chi connectivity index (χ1v) is 5.79. The normalized spacial score (nSPS) is 11.8. The zero-order valence-corrected chi connectivity index (χ0v) is 10.7. The Bertz CT molecular complexity index is 579. The number of aldehydes is 1. The van der Waals surface area contributed by atoms with Crippen LogP contribution in [0.15, 0.2) is 24.3 Å². The van der Waals surface area contributed by atoms with E-state index in [2.05, 4.69) is 44.0 Å². The molecule has 1 aromatic heterocycles. The number of nitrogens with zero attached hydrogens (tertiary/aromatic N) is 1. The summed E-state index contributed by atoms with van der Waals surface area (Å²) in [5, 5.41) is 1.13. The van der Waals surface area contributed by atoms with E-state index < -0.39 is 0 Å². The third-order valence-corrected chi connectivity index (χ3v) is 2.99. The van der Waals surface area contributed by atoms with Crippen LogP contribution < -0.4 is 0 Å². The van der Waals surface area contributed by atoms with Gasteiger partial charge in [0.2, 0.25) is 0 Å². The van der Waals surface area contributed by atoms with Gasteiger partial charge in [-0.15, -0.1) is 0 Å². The van der Waals surface area contributed by atoms with Crippen LogP contribution in [0.2, 0.25) is 0 Å². The van der Waals surface area contributed by atoms with E-state index in [0.29, 0.717) is 5.69 Å². The Morgan fingerprint density at radius 1 is 1.24 bits per heavy atom. The number of rotatable bonds is 1. The Labute approximate surface area is 102 Å². The number of hydrogen-bond acceptors (Lipinski definition) is 2. The van der Waals surface area contributed by atoms with Gasteiger partial charge in [-0.05, 0) is 29.5 Å². The number of para-hydroxylation sites is 1. The summed E-state index contributed by atoms with van der Waals surface area (Å²) < 4.78 is 0. The van der Waals surface area contributed by atoms with E-state index >= 15 is 0 Å². The summed E-state index contributed by atoms with van der Waals surface area (Å²) in [7, 11) is 0. The lowest BCUT2D eigenvalue weighted by molar-refractivity contribution is 0.111. The second kappa shape index (κ2) is 3.95. The van der Waals surface area contributed by atoms with Gasteiger partial charge in [0.05, 0.1) is 5.52 Å². The molecule has 2 aromatic rings. The van der Waals surface area contributed by atoms with E-state index in [1.165, 1.54) is 5.56 Å². The second-order valence-electron chi connectivity index (χ2n) is 5.43. The molecule has 2 heteroatoms. The molecule has 0 unspecified atom stereocenters. The molecule has 0 saturated heterocycles. The summed E-state index contributed by atoms with van der Waals surface area (Å²) in [4.78, 5) is 15.4. The number of fused-ring (bicyclic) bond motifs is 1. The highest BCUT2D eigenvalue weighted by molar-refractivity contribution is 5.89. The van der Waals surface area contributed by atoms with Crippen molar-refractivity contribution in [3.05, 3.63) is 41.1 Å². The quantitative estimate of drug-likeness (QED) is 0.696. The zero-order chi connectivity index (χ0) is 12.6. The first-order valence-electron chi connectivity index (χ1n) is 5.79. The molecule has 1 aromatic carbocycles. The lowest BCUT2D eigenvalue weighted by atomic mass is 9.85. The molecule has 17 heavy (non-hydrogen) atoms. The van der Waals surface area contributed by atoms with Gasteiger partial charge in [-0.1, -0.05) is 39.0 Å². The lowest BCUT2D eigenvalue weighted by Crippen LogP contribution is -2.12. The maximum Gasteiger partial charge on any atom is 0.168 e. The molecule has 0 spiro atoms. The first kappa shape index (κ1) is 11.8. The van der Waals surface area contributed by atoms with Crippen LogP contribution >= 0.6 is 0 Å². The Kier molecular flexibility index (Phi) is 2.74. The van der Waals surface area contributed by atoms with Crippen LogP contribution in [0.5, 0.6) is 0 Å². The van der Waals surface area contributed by atoms with Crippen molar-refractivity contribution < 1.29 is 4.79 Å². The first-order chi connectivity index (χ1) is 7.93. The number of aromatic nitrogens is 1. The van der Waals surface area contributed by atoms with E-state index in [9.17, 15) is 4.79 Å². The summed E-state index contributed by atoms with van der Waals surface area (Å²) in [5.74, 6) is 0. The number of carbonyl (C=O) groups is 1. The van der Waals surface area contributed by atoms with Crippen LogP contribution in [0, 0.1) is 6.92 Å². The van der Waals surface area contributed by atoms with Crippen molar-refractivity contribution in [1.29, 1.82) is 0 Å². The molecule has 2 rings (SSSR count). The third-order valence-electron chi connectivity index (χ3n) is 2.99. The number of carbonyl (C=O) groups excluding carboxylic acids is 1. The number of aryl methyl sites for hydroxylation is 1. The van der Waals surface area contributed by atoms with Gasteiger partial charge in [-0.25, -0.2) is 4.98 Å². The minimum absolute atomic E-state index is 0.0282. The van der Waals surface area contributed by atoms with Crippen LogP contribution in [0.4, 0.5) is 0 Å². The molecule has 0 saturated carbocycles. The van der Waals surface area contributed by atoms with Crippen molar-refractivity contribution in [1.82, 2.24) is 4.98 Å². The SMILES string of the molecule is Cc1cc(C=O)nc2c(C(C)(C)C)cccc12. The van der Waals surface area contributed by atoms with Crippen LogP contribution in [0.3, 0.4) is 0 Å². The maximum atomic E-state index is 10.9. The molecular formula is C15H17NO. The highest BCUT2D eigenvalue weighted by Gasteiger charge is 2.18. The lowest BCUT2D eigenvalue weighted by Gasteiger charge is -2.21. The van der Waals surface area contributed by atoms with E-state index in [0.717, 1.165) is 22.8 Å². The number of benzene rings is 1. The predicted molar refractivity (Wildman–Crippen MR) is 70.6 cm³/mol. The van der Waals surface area contributed by atoms with Crippen molar-refractivity contribution in [2.24, 2.45) is 0 Å². The summed E-state index contributed by atoms with van der Waals surface area (Å²) in [6, 6.07) is 8.03. The van der Waals surface area contributed by atoms with Gasteiger partial charge in [0, 0.05) is 5.39 Å². The Hall–Kier alpha value is -1.70. The van der Waals surface area contributed by atoms with Gasteiger partial charge in [0.15, 0.2) is 6.29 Å². The van der Waals surface area contributed by atoms with E-state index in [-0.39, 0.29) is 5.41 Å². The maximum absolute atomic E-state index is 10.9. The standard InChI is InChI=1S/C15H17NO/c1-10-8-11(9-17)16-14-12(10)6-5-7-13(14)15(2,3)4/h5-9H,1-4H3. The van der Waals surface area contributed by atoms with Crippen LogP contribution in [0.1, 0.15) is 42.4 Å². The van der Waals surface area contributed by atoms with Crippen LogP contribution in [0.25, 0.3) is 10.9 Å². The topological polar surface area (TPSA) is 30.0 Å². The van der Waals surface area contributed by atoms with Crippen LogP contribution in [-0.2, 0) is 5.41 Å². The van der Waals surface area contributed by atoms with Gasteiger partial charge in [-0.2, -0.15) is 0 Å². The molecule has 0 aliphatic heterocycles. The highest BCUT2D eigenvalue weighted by Crippen LogP contribution is 2.30. The zero-order valence-electron chi connectivity index (χ0n) is 10.7. The molecule has 0 radical (unpaired) electrons. The molecule has 2 nitrogen and oxygen atoms in total. The monoisotopic (exact) mass is 227 g/mol. The molecule has 0 bridgehead atoms. The van der Waals surface area contributed by atoms with Gasteiger partial charge < -0.3 is 0 Å². The molecule has 0 aliphatic rings. The molecule has 1 heterocycles. The molecule has 0 amide bonds. The van der Waals surface area contributed by atoms with E-state index in [1.54, 1.807) is 0 Å². The molecule has 88 valence electrons. The van der Waals surface area contributed by atoms with Crippen molar-refractivity contribution >= 4 is 17.2 Å². The predicted octanol–water partition coefficient (Wildman–Crippen LogP) is 3.65. The Morgan fingerprint density at radius 3 is 2.53 bits per heavy atom. The summed E-state index contributed by atoms with van der Waals surface area (Å²) in [6.45, 7) is 8.49. The van der Waals surface area contributed by atoms with Gasteiger partial charge in [-0.3, -0.25) is 4.79 Å². The molecule has 0 fully saturated rings. The van der Waals surface area contributed by atoms with Gasteiger partial charge in [0.1, 0.15) is 5.69 Å². The molecule has 0 N–H and O–H groups in total.